The zero-order chi connectivity index (χ0) is 18.9. The molecule has 0 atom stereocenters. The lowest BCUT2D eigenvalue weighted by Gasteiger charge is -2.23. The second kappa shape index (κ2) is 9.97. The van der Waals surface area contributed by atoms with E-state index in [-0.39, 0.29) is 0 Å². The van der Waals surface area contributed by atoms with Crippen molar-refractivity contribution in [2.45, 2.75) is 46.4 Å². The van der Waals surface area contributed by atoms with Gasteiger partial charge < -0.3 is 10.6 Å². The van der Waals surface area contributed by atoms with Crippen LogP contribution in [0.5, 0.6) is 0 Å². The van der Waals surface area contributed by atoms with Gasteiger partial charge in [-0.15, -0.1) is 0 Å². The second-order valence-electron chi connectivity index (χ2n) is 7.04. The fourth-order valence-corrected chi connectivity index (χ4v) is 2.63. The molecule has 0 spiro atoms. The van der Waals surface area contributed by atoms with E-state index >= 15 is 0 Å². The third-order valence-electron chi connectivity index (χ3n) is 4.67. The molecule has 140 valence electrons. The summed E-state index contributed by atoms with van der Waals surface area (Å²) in [6, 6.07) is 17.7. The van der Waals surface area contributed by atoms with Crippen molar-refractivity contribution in [3.63, 3.8) is 0 Å². The third-order valence-corrected chi connectivity index (χ3v) is 4.67. The van der Waals surface area contributed by atoms with Crippen LogP contribution in [0.15, 0.2) is 53.5 Å². The highest BCUT2D eigenvalue weighted by Crippen LogP contribution is 2.12. The van der Waals surface area contributed by atoms with Crippen molar-refractivity contribution in [2.75, 3.05) is 14.1 Å². The number of hydrogen-bond donors (Lipinski definition) is 2. The van der Waals surface area contributed by atoms with E-state index < -0.39 is 0 Å². The fourth-order valence-electron chi connectivity index (χ4n) is 2.63. The number of guanidine groups is 1. The molecule has 26 heavy (non-hydrogen) atoms. The highest BCUT2D eigenvalue weighted by Gasteiger charge is 2.08. The van der Waals surface area contributed by atoms with E-state index in [0.29, 0.717) is 6.04 Å². The number of hydrogen-bond acceptors (Lipinski definition) is 2. The van der Waals surface area contributed by atoms with Gasteiger partial charge in [0.1, 0.15) is 0 Å². The number of nitrogens with zero attached hydrogens (tertiary/aromatic N) is 2. The fraction of sp³-hybridized carbons (Fsp3) is 0.409. The highest BCUT2D eigenvalue weighted by atomic mass is 15.2. The van der Waals surface area contributed by atoms with Crippen LogP contribution in [0.1, 0.15) is 36.1 Å². The minimum Gasteiger partial charge on any atom is -0.352 e. The highest BCUT2D eigenvalue weighted by molar-refractivity contribution is 5.79. The van der Waals surface area contributed by atoms with Crippen LogP contribution in [0.25, 0.3) is 0 Å². The molecule has 0 aromatic heterocycles. The average Bonchev–Trinajstić information content (AvgIpc) is 2.64. The topological polar surface area (TPSA) is 39.7 Å². The third kappa shape index (κ3) is 6.19. The first-order valence-electron chi connectivity index (χ1n) is 9.26. The van der Waals surface area contributed by atoms with Crippen LogP contribution >= 0.6 is 0 Å². The number of aryl methyl sites for hydroxylation is 1. The van der Waals surface area contributed by atoms with Crippen LogP contribution in [0.3, 0.4) is 0 Å². The van der Waals surface area contributed by atoms with Gasteiger partial charge in [0.25, 0.3) is 0 Å². The molecule has 0 saturated heterocycles. The van der Waals surface area contributed by atoms with Crippen molar-refractivity contribution in [1.29, 1.82) is 0 Å². The van der Waals surface area contributed by atoms with Gasteiger partial charge in [0.2, 0.25) is 0 Å². The van der Waals surface area contributed by atoms with Gasteiger partial charge in [-0.05, 0) is 44.5 Å². The summed E-state index contributed by atoms with van der Waals surface area (Å²) in [6.07, 6.45) is 0. The summed E-state index contributed by atoms with van der Waals surface area (Å²) in [5.41, 5.74) is 5.18. The van der Waals surface area contributed by atoms with Gasteiger partial charge in [-0.1, -0.05) is 54.1 Å². The molecule has 0 aliphatic heterocycles. The van der Waals surface area contributed by atoms with E-state index in [9.17, 15) is 0 Å². The Morgan fingerprint density at radius 2 is 1.58 bits per heavy atom. The lowest BCUT2D eigenvalue weighted by atomic mass is 10.1. The monoisotopic (exact) mass is 352 g/mol. The Balaban J connectivity index is 1.92. The van der Waals surface area contributed by atoms with E-state index in [4.69, 9.17) is 0 Å². The summed E-state index contributed by atoms with van der Waals surface area (Å²) >= 11 is 0. The quantitative estimate of drug-likeness (QED) is 0.590. The van der Waals surface area contributed by atoms with Crippen molar-refractivity contribution in [3.8, 4) is 0 Å². The number of nitrogens with one attached hydrogen (secondary N) is 2. The van der Waals surface area contributed by atoms with Crippen LogP contribution < -0.4 is 10.6 Å². The zero-order valence-corrected chi connectivity index (χ0v) is 16.7. The number of rotatable bonds is 7. The molecule has 2 N–H and O–H groups in total. The predicted molar refractivity (Wildman–Crippen MR) is 111 cm³/mol. The molecule has 2 aromatic rings. The molecule has 0 heterocycles. The van der Waals surface area contributed by atoms with Crippen LogP contribution in [0.4, 0.5) is 0 Å². The smallest absolute Gasteiger partial charge is 0.191 e. The van der Waals surface area contributed by atoms with Gasteiger partial charge in [0, 0.05) is 32.7 Å². The molecule has 0 unspecified atom stereocenters. The van der Waals surface area contributed by atoms with Crippen LogP contribution in [-0.4, -0.2) is 31.0 Å². The first kappa shape index (κ1) is 20.0. The predicted octanol–water partition coefficient (Wildman–Crippen LogP) is 3.70. The Bertz CT molecular complexity index is 704. The summed E-state index contributed by atoms with van der Waals surface area (Å²) in [6.45, 7) is 9.01. The van der Waals surface area contributed by atoms with E-state index in [1.807, 2.05) is 7.05 Å². The molecule has 0 radical (unpaired) electrons. The number of benzene rings is 2. The Morgan fingerprint density at radius 3 is 2.19 bits per heavy atom. The van der Waals surface area contributed by atoms with Gasteiger partial charge in [-0.3, -0.25) is 9.89 Å². The largest absolute Gasteiger partial charge is 0.352 e. The standard InChI is InChI=1S/C22H32N4/c1-17(2)26(5)16-21-9-7-6-8-20(21)15-25-22(23-4)24-14-19-12-10-18(3)11-13-19/h6-13,17H,14-16H2,1-5H3,(H2,23,24,25). The Hall–Kier alpha value is -2.33. The maximum Gasteiger partial charge on any atom is 0.191 e. The molecule has 0 aliphatic carbocycles. The zero-order valence-electron chi connectivity index (χ0n) is 16.7. The Morgan fingerprint density at radius 1 is 0.962 bits per heavy atom. The summed E-state index contributed by atoms with van der Waals surface area (Å²) in [7, 11) is 3.97. The second-order valence-corrected chi connectivity index (χ2v) is 7.04. The minimum absolute atomic E-state index is 0.528. The summed E-state index contributed by atoms with van der Waals surface area (Å²) in [4.78, 5) is 6.69. The molecule has 0 bridgehead atoms. The average molecular weight is 353 g/mol. The van der Waals surface area contributed by atoms with Gasteiger partial charge >= 0.3 is 0 Å². The molecular weight excluding hydrogens is 320 g/mol. The lowest BCUT2D eigenvalue weighted by Crippen LogP contribution is -2.36. The molecule has 2 rings (SSSR count). The van der Waals surface area contributed by atoms with Crippen LogP contribution in [-0.2, 0) is 19.6 Å². The van der Waals surface area contributed by atoms with Crippen molar-refractivity contribution in [1.82, 2.24) is 15.5 Å². The normalized spacial score (nSPS) is 11.9. The maximum absolute atomic E-state index is 4.34. The Labute approximate surface area is 158 Å². The van der Waals surface area contributed by atoms with Crippen LogP contribution in [0.2, 0.25) is 0 Å². The van der Waals surface area contributed by atoms with E-state index in [2.05, 4.69) is 96.9 Å². The Kier molecular flexibility index (Phi) is 7.67. The summed E-state index contributed by atoms with van der Waals surface area (Å²) in [5, 5.41) is 6.81. The first-order valence-corrected chi connectivity index (χ1v) is 9.26. The molecule has 4 heteroatoms. The summed E-state index contributed by atoms with van der Waals surface area (Å²) in [5.74, 6) is 0.817. The molecule has 0 saturated carbocycles. The maximum atomic E-state index is 4.34. The number of aliphatic imine (C=N–C) groups is 1. The van der Waals surface area contributed by atoms with Gasteiger partial charge in [-0.25, -0.2) is 0 Å². The SMILES string of the molecule is CN=C(NCc1ccc(C)cc1)NCc1ccccc1CN(C)C(C)C. The van der Waals surface area contributed by atoms with Gasteiger partial charge in [-0.2, -0.15) is 0 Å². The molecule has 2 aromatic carbocycles. The van der Waals surface area contributed by atoms with Gasteiger partial charge in [0.15, 0.2) is 5.96 Å². The van der Waals surface area contributed by atoms with Crippen molar-refractivity contribution < 1.29 is 0 Å². The van der Waals surface area contributed by atoms with Crippen molar-refractivity contribution in [3.05, 3.63) is 70.8 Å². The van der Waals surface area contributed by atoms with Crippen molar-refractivity contribution in [2.24, 2.45) is 4.99 Å². The van der Waals surface area contributed by atoms with E-state index in [1.165, 1.54) is 22.3 Å². The van der Waals surface area contributed by atoms with Crippen LogP contribution in [0, 0.1) is 6.92 Å². The summed E-state index contributed by atoms with van der Waals surface area (Å²) < 4.78 is 0. The molecule has 4 nitrogen and oxygen atoms in total. The minimum atomic E-state index is 0.528. The molecule has 0 fully saturated rings. The molecule has 0 aliphatic rings. The van der Waals surface area contributed by atoms with Crippen molar-refractivity contribution >= 4 is 5.96 Å². The first-order chi connectivity index (χ1) is 12.5. The van der Waals surface area contributed by atoms with E-state index in [0.717, 1.165) is 25.6 Å². The molecular formula is C22H32N4. The molecule has 0 amide bonds. The van der Waals surface area contributed by atoms with E-state index in [1.54, 1.807) is 0 Å². The van der Waals surface area contributed by atoms with Gasteiger partial charge in [0.05, 0.1) is 0 Å². The lowest BCUT2D eigenvalue weighted by molar-refractivity contribution is 0.265.